The lowest BCUT2D eigenvalue weighted by Crippen LogP contribution is -1.71. The molecule has 0 spiro atoms. The third kappa shape index (κ3) is 1.31. The Labute approximate surface area is 101 Å². The minimum atomic E-state index is 0.814. The Morgan fingerprint density at radius 2 is 1.29 bits per heavy atom. The topological polar surface area (TPSA) is 0 Å². The van der Waals surface area contributed by atoms with Crippen molar-refractivity contribution >= 4 is 40.0 Å². The second kappa shape index (κ2) is 3.35. The summed E-state index contributed by atoms with van der Waals surface area (Å²) in [5.41, 5.74) is 0. The molecule has 3 aromatic carbocycles. The molecule has 4 aromatic rings. The van der Waals surface area contributed by atoms with Crippen LogP contribution >= 0.6 is 8.19 Å². The van der Waals surface area contributed by atoms with Crippen molar-refractivity contribution in [3.63, 3.8) is 0 Å². The zero-order valence-electron chi connectivity index (χ0n) is 9.27. The zero-order chi connectivity index (χ0) is 11.2. The van der Waals surface area contributed by atoms with Gasteiger partial charge in [-0.2, -0.15) is 0 Å². The zero-order valence-corrected chi connectivity index (χ0v) is 10.3. The van der Waals surface area contributed by atoms with Crippen LogP contribution in [0.15, 0.2) is 60.7 Å². The Balaban J connectivity index is 2.28. The van der Waals surface area contributed by atoms with Gasteiger partial charge in [0.25, 0.3) is 0 Å². The summed E-state index contributed by atoms with van der Waals surface area (Å²) in [6.45, 7) is 0. The molecule has 80 valence electrons. The van der Waals surface area contributed by atoms with Crippen LogP contribution in [0, 0.1) is 0 Å². The fourth-order valence-corrected chi connectivity index (χ4v) is 3.93. The van der Waals surface area contributed by atoms with Gasteiger partial charge in [-0.15, -0.1) is 8.19 Å². The van der Waals surface area contributed by atoms with Gasteiger partial charge in [-0.1, -0.05) is 48.5 Å². The van der Waals surface area contributed by atoms with E-state index in [4.69, 9.17) is 0 Å². The molecule has 0 aliphatic heterocycles. The van der Waals surface area contributed by atoms with Gasteiger partial charge in [0, 0.05) is 5.12 Å². The first-order valence-electron chi connectivity index (χ1n) is 5.81. The van der Waals surface area contributed by atoms with Crippen LogP contribution in [0.2, 0.25) is 0 Å². The Bertz CT molecular complexity index is 834. The van der Waals surface area contributed by atoms with E-state index in [1.807, 2.05) is 0 Å². The Hall–Kier alpha value is -1.78. The molecule has 0 saturated heterocycles. The minimum Gasteiger partial charge on any atom is -0.123 e. The molecule has 1 atom stereocenters. The molecule has 0 saturated carbocycles. The quantitative estimate of drug-likeness (QED) is 0.393. The molecule has 0 fully saturated rings. The van der Waals surface area contributed by atoms with Gasteiger partial charge in [0.15, 0.2) is 0 Å². The number of hydrogen-bond donors (Lipinski definition) is 0. The average molecular weight is 234 g/mol. The van der Waals surface area contributed by atoms with E-state index in [0.717, 1.165) is 8.19 Å². The van der Waals surface area contributed by atoms with E-state index in [2.05, 4.69) is 60.7 Å². The molecule has 0 aliphatic carbocycles. The predicted molar refractivity (Wildman–Crippen MR) is 78.5 cm³/mol. The highest BCUT2D eigenvalue weighted by Crippen LogP contribution is 2.39. The minimum absolute atomic E-state index is 0.814. The molecule has 1 heteroatoms. The third-order valence-electron chi connectivity index (χ3n) is 3.37. The molecular weight excluding hydrogens is 223 g/mol. The Morgan fingerprint density at radius 1 is 0.588 bits per heavy atom. The van der Waals surface area contributed by atoms with Gasteiger partial charge in [0.1, 0.15) is 0 Å². The first-order valence-corrected chi connectivity index (χ1v) is 6.81. The molecule has 0 bridgehead atoms. The van der Waals surface area contributed by atoms with E-state index in [9.17, 15) is 0 Å². The van der Waals surface area contributed by atoms with Gasteiger partial charge in [0.2, 0.25) is 0 Å². The number of fused-ring (bicyclic) bond motifs is 4. The maximum Gasteiger partial charge on any atom is 0.0000345 e. The summed E-state index contributed by atoms with van der Waals surface area (Å²) < 4.78 is 0. The summed E-state index contributed by atoms with van der Waals surface area (Å²) in [5.74, 6) is 0. The first kappa shape index (κ1) is 9.27. The van der Waals surface area contributed by atoms with Crippen molar-refractivity contribution in [1.82, 2.24) is 0 Å². The number of benzene rings is 3. The summed E-state index contributed by atoms with van der Waals surface area (Å²) in [6, 6.07) is 22.1. The monoisotopic (exact) mass is 234 g/mol. The highest BCUT2D eigenvalue weighted by atomic mass is 31.0. The van der Waals surface area contributed by atoms with Crippen molar-refractivity contribution in [1.29, 1.82) is 0 Å². The molecule has 0 aliphatic rings. The smallest absolute Gasteiger partial charge is 0.0000345 e. The molecule has 0 nitrogen and oxygen atoms in total. The van der Waals surface area contributed by atoms with Gasteiger partial charge in [-0.05, 0) is 38.8 Å². The molecule has 1 aromatic heterocycles. The van der Waals surface area contributed by atoms with Crippen molar-refractivity contribution in [3.05, 3.63) is 60.7 Å². The number of rotatable bonds is 0. The standard InChI is InChI=1S/C16H11P/c1-2-6-12-10-16-14(9-11(12)5-1)13-7-3-4-8-15(13)17-16/h1-10,17H. The maximum absolute atomic E-state index is 2.35. The lowest BCUT2D eigenvalue weighted by atomic mass is 10.1. The largest absolute Gasteiger partial charge is 0.123 e. The van der Waals surface area contributed by atoms with E-state index in [1.165, 1.54) is 31.8 Å². The molecule has 0 radical (unpaired) electrons. The summed E-state index contributed by atoms with van der Waals surface area (Å²) in [6.07, 6.45) is 0. The van der Waals surface area contributed by atoms with Crippen molar-refractivity contribution in [2.75, 3.05) is 0 Å². The lowest BCUT2D eigenvalue weighted by molar-refractivity contribution is 1.81. The summed E-state index contributed by atoms with van der Waals surface area (Å²) >= 11 is 0. The van der Waals surface area contributed by atoms with Crippen molar-refractivity contribution in [3.8, 4) is 0 Å². The van der Waals surface area contributed by atoms with E-state index in [0.29, 0.717) is 0 Å². The van der Waals surface area contributed by atoms with Crippen LogP contribution in [-0.4, -0.2) is 0 Å². The Kier molecular flexibility index (Phi) is 1.83. The summed E-state index contributed by atoms with van der Waals surface area (Å²) in [4.78, 5) is 0. The highest BCUT2D eigenvalue weighted by molar-refractivity contribution is 7.44. The fraction of sp³-hybridized carbons (Fsp3) is 0. The molecule has 0 N–H and O–H groups in total. The fourth-order valence-electron chi connectivity index (χ4n) is 2.54. The van der Waals surface area contributed by atoms with E-state index in [1.54, 1.807) is 0 Å². The van der Waals surface area contributed by atoms with E-state index in [-0.39, 0.29) is 0 Å². The van der Waals surface area contributed by atoms with Crippen LogP contribution in [0.25, 0.3) is 31.8 Å². The normalized spacial score (nSPS) is 12.0. The van der Waals surface area contributed by atoms with Gasteiger partial charge in [-0.25, -0.2) is 0 Å². The summed E-state index contributed by atoms with van der Waals surface area (Å²) in [5, 5.41) is 8.52. The highest BCUT2D eigenvalue weighted by Gasteiger charge is 2.04. The molecule has 17 heavy (non-hydrogen) atoms. The van der Waals surface area contributed by atoms with Crippen LogP contribution in [0.1, 0.15) is 0 Å². The van der Waals surface area contributed by atoms with Crippen molar-refractivity contribution < 1.29 is 0 Å². The molecule has 4 rings (SSSR count). The molecular formula is C16H11P. The lowest BCUT2D eigenvalue weighted by Gasteiger charge is -1.98. The average Bonchev–Trinajstić information content (AvgIpc) is 2.73. The van der Waals surface area contributed by atoms with Crippen LogP contribution in [0.3, 0.4) is 0 Å². The van der Waals surface area contributed by atoms with Gasteiger partial charge >= 0.3 is 0 Å². The number of hydrogen-bond acceptors (Lipinski definition) is 0. The molecule has 1 unspecified atom stereocenters. The van der Waals surface area contributed by atoms with E-state index < -0.39 is 0 Å². The second-order valence-electron chi connectivity index (χ2n) is 4.42. The van der Waals surface area contributed by atoms with Crippen LogP contribution in [0.5, 0.6) is 0 Å². The van der Waals surface area contributed by atoms with Gasteiger partial charge < -0.3 is 0 Å². The second-order valence-corrected chi connectivity index (χ2v) is 5.74. The Morgan fingerprint density at radius 3 is 2.18 bits per heavy atom. The molecule has 0 amide bonds. The van der Waals surface area contributed by atoms with Gasteiger partial charge in [0.05, 0.1) is 0 Å². The predicted octanol–water partition coefficient (Wildman–Crippen LogP) is 5.18. The van der Waals surface area contributed by atoms with E-state index >= 15 is 0 Å². The third-order valence-corrected chi connectivity index (χ3v) is 4.76. The van der Waals surface area contributed by atoms with Crippen LogP contribution < -0.4 is 0 Å². The maximum atomic E-state index is 2.35. The van der Waals surface area contributed by atoms with Crippen LogP contribution in [0.4, 0.5) is 0 Å². The SMILES string of the molecule is c1ccc2cc3c(cc2c1)[pH]c1ccccc13. The van der Waals surface area contributed by atoms with Crippen molar-refractivity contribution in [2.45, 2.75) is 0 Å². The summed E-state index contributed by atoms with van der Waals surface area (Å²) in [7, 11) is 0.814. The first-order chi connectivity index (χ1) is 8.42. The van der Waals surface area contributed by atoms with Gasteiger partial charge in [-0.3, -0.25) is 0 Å². The van der Waals surface area contributed by atoms with Crippen molar-refractivity contribution in [2.24, 2.45) is 0 Å². The van der Waals surface area contributed by atoms with Crippen LogP contribution in [-0.2, 0) is 0 Å². The molecule has 1 heterocycles.